The first kappa shape index (κ1) is 12.4. The summed E-state index contributed by atoms with van der Waals surface area (Å²) in [6.45, 7) is 4.13. The van der Waals surface area contributed by atoms with E-state index in [1.807, 2.05) is 6.92 Å². The van der Waals surface area contributed by atoms with Gasteiger partial charge in [-0.15, -0.1) is 0 Å². The van der Waals surface area contributed by atoms with Crippen molar-refractivity contribution in [1.29, 1.82) is 0 Å². The van der Waals surface area contributed by atoms with Gasteiger partial charge in [0.05, 0.1) is 5.60 Å². The highest BCUT2D eigenvalue weighted by Crippen LogP contribution is 2.27. The lowest BCUT2D eigenvalue weighted by molar-refractivity contribution is -0.0170. The number of aliphatic hydroxyl groups is 1. The van der Waals surface area contributed by atoms with E-state index in [0.717, 1.165) is 19.0 Å². The molecule has 2 rings (SSSR count). The monoisotopic (exact) mass is 225 g/mol. The molecule has 0 aromatic heterocycles. The van der Waals surface area contributed by atoms with Crippen LogP contribution in [-0.4, -0.2) is 34.7 Å². The molecule has 94 valence electrons. The molecule has 0 bridgehead atoms. The minimum absolute atomic E-state index is 0.447. The maximum Gasteiger partial charge on any atom is 0.0746 e. The molecule has 2 aliphatic rings. The van der Waals surface area contributed by atoms with Crippen LogP contribution in [0.3, 0.4) is 0 Å². The Hall–Kier alpha value is -0.0800. The summed E-state index contributed by atoms with van der Waals surface area (Å²) in [6, 6.07) is 0.757. The van der Waals surface area contributed by atoms with Crippen molar-refractivity contribution in [2.24, 2.45) is 0 Å². The summed E-state index contributed by atoms with van der Waals surface area (Å²) < 4.78 is 0. The summed E-state index contributed by atoms with van der Waals surface area (Å²) in [5.74, 6) is 0. The molecule has 2 aliphatic heterocycles. The van der Waals surface area contributed by atoms with Gasteiger partial charge in [-0.05, 0) is 39.2 Å². The van der Waals surface area contributed by atoms with Crippen molar-refractivity contribution in [3.05, 3.63) is 0 Å². The molecule has 2 heterocycles. The molecule has 2 saturated heterocycles. The van der Waals surface area contributed by atoms with Crippen LogP contribution in [-0.2, 0) is 0 Å². The first-order chi connectivity index (χ1) is 7.67. The first-order valence-corrected chi connectivity index (χ1v) is 7.14. The lowest BCUT2D eigenvalue weighted by atomic mass is 9.89. The Kier molecular flexibility index (Phi) is 4.26. The van der Waals surface area contributed by atoms with Crippen LogP contribution in [0.2, 0.25) is 0 Å². The molecule has 2 heteroatoms. The first-order valence-electron chi connectivity index (χ1n) is 7.14. The van der Waals surface area contributed by atoms with Gasteiger partial charge in [-0.2, -0.15) is 0 Å². The van der Waals surface area contributed by atoms with Crippen LogP contribution in [0.15, 0.2) is 0 Å². The van der Waals surface area contributed by atoms with Gasteiger partial charge in [0, 0.05) is 12.6 Å². The Bertz CT molecular complexity index is 213. The summed E-state index contributed by atoms with van der Waals surface area (Å²) in [5, 5.41) is 10.3. The number of rotatable bonds is 0. The van der Waals surface area contributed by atoms with Crippen molar-refractivity contribution in [2.45, 2.75) is 76.4 Å². The molecule has 1 N–H and O–H groups in total. The number of nitrogens with zero attached hydrogens (tertiary/aromatic N) is 1. The molecule has 2 fully saturated rings. The molecule has 0 aromatic carbocycles. The second kappa shape index (κ2) is 5.50. The van der Waals surface area contributed by atoms with E-state index in [0.29, 0.717) is 0 Å². The largest absolute Gasteiger partial charge is 0.389 e. The lowest BCUT2D eigenvalue weighted by Gasteiger charge is -2.40. The standard InChI is InChI=1S/C14H27NO/c1-14(16)10-6-5-9-13-8-4-2-3-7-11-15(13)12-14/h13,16H,2-12H2,1H3/t13?,14-/m0/s1. The maximum atomic E-state index is 10.3. The van der Waals surface area contributed by atoms with Crippen molar-refractivity contribution >= 4 is 0 Å². The quantitative estimate of drug-likeness (QED) is 0.685. The zero-order valence-corrected chi connectivity index (χ0v) is 10.7. The lowest BCUT2D eigenvalue weighted by Crippen LogP contribution is -2.48. The van der Waals surface area contributed by atoms with Crippen LogP contribution in [0.25, 0.3) is 0 Å². The van der Waals surface area contributed by atoms with Gasteiger partial charge in [-0.25, -0.2) is 0 Å². The molecular formula is C14H27NO. The Morgan fingerprint density at radius 2 is 1.69 bits per heavy atom. The fraction of sp³-hybridized carbons (Fsp3) is 1.00. The van der Waals surface area contributed by atoms with E-state index in [1.54, 1.807) is 0 Å². The zero-order chi connectivity index (χ0) is 11.4. The maximum absolute atomic E-state index is 10.3. The fourth-order valence-corrected chi connectivity index (χ4v) is 3.35. The van der Waals surface area contributed by atoms with Gasteiger partial charge in [0.2, 0.25) is 0 Å². The normalized spacial score (nSPS) is 39.0. The minimum Gasteiger partial charge on any atom is -0.389 e. The van der Waals surface area contributed by atoms with E-state index in [1.165, 1.54) is 57.9 Å². The minimum atomic E-state index is -0.447. The van der Waals surface area contributed by atoms with Crippen LogP contribution in [0, 0.1) is 0 Å². The van der Waals surface area contributed by atoms with Gasteiger partial charge in [0.15, 0.2) is 0 Å². The molecule has 2 atom stereocenters. The van der Waals surface area contributed by atoms with E-state index < -0.39 is 5.60 Å². The summed E-state index contributed by atoms with van der Waals surface area (Å²) in [7, 11) is 0. The summed E-state index contributed by atoms with van der Waals surface area (Å²) >= 11 is 0. The average Bonchev–Trinajstić information content (AvgIpc) is 2.18. The van der Waals surface area contributed by atoms with Crippen LogP contribution in [0.1, 0.15) is 64.7 Å². The van der Waals surface area contributed by atoms with Crippen LogP contribution in [0.5, 0.6) is 0 Å². The van der Waals surface area contributed by atoms with Crippen molar-refractivity contribution in [1.82, 2.24) is 4.90 Å². The van der Waals surface area contributed by atoms with E-state index in [-0.39, 0.29) is 0 Å². The Labute approximate surface area is 100 Å². The summed E-state index contributed by atoms with van der Waals surface area (Å²) in [5.41, 5.74) is -0.447. The van der Waals surface area contributed by atoms with E-state index >= 15 is 0 Å². The van der Waals surface area contributed by atoms with Gasteiger partial charge in [-0.1, -0.05) is 32.1 Å². The highest BCUT2D eigenvalue weighted by atomic mass is 16.3. The van der Waals surface area contributed by atoms with Gasteiger partial charge < -0.3 is 5.11 Å². The van der Waals surface area contributed by atoms with Gasteiger partial charge >= 0.3 is 0 Å². The molecule has 0 saturated carbocycles. The second-order valence-corrected chi connectivity index (χ2v) is 6.07. The van der Waals surface area contributed by atoms with E-state index in [4.69, 9.17) is 0 Å². The third-order valence-electron chi connectivity index (χ3n) is 4.30. The molecule has 0 amide bonds. The van der Waals surface area contributed by atoms with Crippen molar-refractivity contribution < 1.29 is 5.11 Å². The Morgan fingerprint density at radius 1 is 1.00 bits per heavy atom. The predicted octanol–water partition coefficient (Wildman–Crippen LogP) is 2.95. The van der Waals surface area contributed by atoms with Gasteiger partial charge in [-0.3, -0.25) is 4.90 Å². The highest BCUT2D eigenvalue weighted by molar-refractivity contribution is 4.85. The molecule has 2 nitrogen and oxygen atoms in total. The fourth-order valence-electron chi connectivity index (χ4n) is 3.35. The van der Waals surface area contributed by atoms with E-state index in [2.05, 4.69) is 4.90 Å². The third kappa shape index (κ3) is 3.46. The number of hydrogen-bond donors (Lipinski definition) is 1. The molecule has 0 radical (unpaired) electrons. The average molecular weight is 225 g/mol. The van der Waals surface area contributed by atoms with Crippen LogP contribution < -0.4 is 0 Å². The zero-order valence-electron chi connectivity index (χ0n) is 10.7. The number of hydrogen-bond acceptors (Lipinski definition) is 2. The second-order valence-electron chi connectivity index (χ2n) is 6.07. The van der Waals surface area contributed by atoms with E-state index in [9.17, 15) is 5.11 Å². The topological polar surface area (TPSA) is 23.5 Å². The van der Waals surface area contributed by atoms with Gasteiger partial charge in [0.25, 0.3) is 0 Å². The summed E-state index contributed by atoms with van der Waals surface area (Å²) in [6.07, 6.45) is 11.7. The Balaban J connectivity index is 2.01. The molecule has 0 spiro atoms. The van der Waals surface area contributed by atoms with Crippen LogP contribution >= 0.6 is 0 Å². The van der Waals surface area contributed by atoms with Crippen molar-refractivity contribution in [3.8, 4) is 0 Å². The third-order valence-corrected chi connectivity index (χ3v) is 4.30. The van der Waals surface area contributed by atoms with Crippen molar-refractivity contribution in [3.63, 3.8) is 0 Å². The smallest absolute Gasteiger partial charge is 0.0746 e. The Morgan fingerprint density at radius 3 is 2.50 bits per heavy atom. The molecule has 0 aromatic rings. The molecule has 0 aliphatic carbocycles. The highest BCUT2D eigenvalue weighted by Gasteiger charge is 2.30. The molecule has 1 unspecified atom stereocenters. The van der Waals surface area contributed by atoms with Crippen LogP contribution in [0.4, 0.5) is 0 Å². The van der Waals surface area contributed by atoms with Crippen molar-refractivity contribution in [2.75, 3.05) is 13.1 Å². The molecule has 16 heavy (non-hydrogen) atoms. The van der Waals surface area contributed by atoms with Gasteiger partial charge in [0.1, 0.15) is 0 Å². The SMILES string of the molecule is C[C@]1(O)CCCCC2CCCCCCN2C1. The number of fused-ring (bicyclic) bond motifs is 1. The predicted molar refractivity (Wildman–Crippen MR) is 67.5 cm³/mol. The molecular weight excluding hydrogens is 198 g/mol. The summed E-state index contributed by atoms with van der Waals surface area (Å²) in [4.78, 5) is 2.58.